The van der Waals surface area contributed by atoms with E-state index in [4.69, 9.17) is 0 Å². The Kier molecular flexibility index (Phi) is 3.78. The zero-order valence-electron chi connectivity index (χ0n) is 17.0. The third kappa shape index (κ3) is 2.54. The summed E-state index contributed by atoms with van der Waals surface area (Å²) < 4.78 is 33.5. The van der Waals surface area contributed by atoms with Crippen LogP contribution in [0.3, 0.4) is 0 Å². The number of allylic oxidation sites excluding steroid dienone is 2. The molecule has 0 bridgehead atoms. The highest BCUT2D eigenvalue weighted by Crippen LogP contribution is 2.44. The van der Waals surface area contributed by atoms with Crippen molar-refractivity contribution < 1.29 is 18.2 Å². The van der Waals surface area contributed by atoms with Crippen molar-refractivity contribution in [1.29, 1.82) is 0 Å². The number of aromatic hydroxyl groups is 1. The summed E-state index contributed by atoms with van der Waals surface area (Å²) in [7, 11) is 0. The highest BCUT2D eigenvalue weighted by atomic mass is 19.2. The Balaban J connectivity index is 1.83. The highest BCUT2D eigenvalue weighted by molar-refractivity contribution is 6.58. The first-order valence-electron chi connectivity index (χ1n) is 9.95. The monoisotopic (exact) mass is 405 g/mol. The molecule has 0 amide bonds. The summed E-state index contributed by atoms with van der Waals surface area (Å²) in [6.07, 6.45) is 6.42. The van der Waals surface area contributed by atoms with Gasteiger partial charge in [-0.1, -0.05) is 26.8 Å². The molecule has 0 aliphatic carbocycles. The second-order valence-electron chi connectivity index (χ2n) is 8.80. The number of phenols is 1. The number of hydrogen-bond acceptors (Lipinski definition) is 1. The van der Waals surface area contributed by atoms with Crippen molar-refractivity contribution in [3.8, 4) is 17.1 Å². The number of halogens is 2. The standard InChI is InChI=1S/C23H22BF2N3O/c1-23(2,3)15-8-11-21(30)16(14-15)22-19-7-5-13-28(19)24(25,26)29-18(9-10-20(22)29)17-6-4-12-27-17/h4-14,27,30H,1-3H3. The summed E-state index contributed by atoms with van der Waals surface area (Å²) >= 11 is 0. The Labute approximate surface area is 173 Å². The van der Waals surface area contributed by atoms with Crippen LogP contribution >= 0.6 is 0 Å². The van der Waals surface area contributed by atoms with Crippen LogP contribution in [0.5, 0.6) is 5.75 Å². The van der Waals surface area contributed by atoms with Gasteiger partial charge in [-0.2, -0.15) is 0 Å². The molecular weight excluding hydrogens is 383 g/mol. The molecule has 2 N–H and O–H groups in total. The molecule has 5 rings (SSSR count). The summed E-state index contributed by atoms with van der Waals surface area (Å²) in [5.74, 6) is 0.0673. The average Bonchev–Trinajstić information content (AvgIpc) is 3.42. The molecule has 0 saturated carbocycles. The van der Waals surface area contributed by atoms with Crippen LogP contribution in [0.1, 0.15) is 37.6 Å². The van der Waals surface area contributed by atoms with Gasteiger partial charge in [-0.25, -0.2) is 0 Å². The van der Waals surface area contributed by atoms with Crippen LogP contribution in [0, 0.1) is 0 Å². The summed E-state index contributed by atoms with van der Waals surface area (Å²) in [4.78, 5) is 3.03. The Morgan fingerprint density at radius 3 is 2.53 bits per heavy atom. The van der Waals surface area contributed by atoms with Gasteiger partial charge in [0, 0.05) is 35.3 Å². The SMILES string of the molecule is CC(C)(C)c1ccc(O)c(C2=C3C=CC=[N+]3[B-](F)(F)n3c2ccc3-c2ccc[nH]2)c1. The van der Waals surface area contributed by atoms with E-state index in [2.05, 4.69) is 25.8 Å². The molecule has 4 nitrogen and oxygen atoms in total. The van der Waals surface area contributed by atoms with E-state index in [0.717, 1.165) is 14.5 Å². The Morgan fingerprint density at radius 1 is 1.07 bits per heavy atom. The molecule has 0 fully saturated rings. The predicted octanol–water partition coefficient (Wildman–Crippen LogP) is 5.14. The third-order valence-corrected chi connectivity index (χ3v) is 5.86. The van der Waals surface area contributed by atoms with Crippen molar-refractivity contribution in [2.45, 2.75) is 26.2 Å². The topological polar surface area (TPSA) is 44.0 Å². The number of hydrogen-bond donors (Lipinski definition) is 2. The maximum absolute atomic E-state index is 15.7. The first kappa shape index (κ1) is 18.7. The second-order valence-corrected chi connectivity index (χ2v) is 8.80. The predicted molar refractivity (Wildman–Crippen MR) is 116 cm³/mol. The van der Waals surface area contributed by atoms with Crippen molar-refractivity contribution in [1.82, 2.24) is 9.46 Å². The fourth-order valence-corrected chi connectivity index (χ4v) is 4.31. The molecular formula is C23H22BF2N3O. The van der Waals surface area contributed by atoms with E-state index in [0.29, 0.717) is 33.9 Å². The average molecular weight is 405 g/mol. The number of nitrogens with zero attached hydrogens (tertiary/aromatic N) is 2. The van der Waals surface area contributed by atoms with Crippen molar-refractivity contribution in [2.24, 2.45) is 0 Å². The van der Waals surface area contributed by atoms with E-state index in [1.54, 1.807) is 48.7 Å². The minimum Gasteiger partial charge on any atom is -0.507 e. The van der Waals surface area contributed by atoms with Crippen LogP contribution < -0.4 is 0 Å². The molecule has 2 aliphatic rings. The minimum atomic E-state index is -4.09. The van der Waals surface area contributed by atoms with Crippen LogP contribution in [0.2, 0.25) is 0 Å². The van der Waals surface area contributed by atoms with Crippen molar-refractivity contribution in [2.75, 3.05) is 0 Å². The van der Waals surface area contributed by atoms with Crippen LogP contribution in [-0.4, -0.2) is 32.2 Å². The van der Waals surface area contributed by atoms with Gasteiger partial charge in [0.05, 0.1) is 11.3 Å². The van der Waals surface area contributed by atoms with Gasteiger partial charge in [0.2, 0.25) is 0 Å². The van der Waals surface area contributed by atoms with Crippen molar-refractivity contribution in [3.05, 3.63) is 83.3 Å². The third-order valence-electron chi connectivity index (χ3n) is 5.86. The van der Waals surface area contributed by atoms with E-state index in [1.165, 1.54) is 6.21 Å². The lowest BCUT2D eigenvalue weighted by atomic mass is 9.82. The Bertz CT molecular complexity index is 1260. The maximum Gasteiger partial charge on any atom is 0.737 e. The largest absolute Gasteiger partial charge is 0.737 e. The molecule has 152 valence electrons. The fraction of sp³-hybridized carbons (Fsp3) is 0.174. The van der Waals surface area contributed by atoms with Crippen LogP contribution in [-0.2, 0) is 5.41 Å². The lowest BCUT2D eigenvalue weighted by Gasteiger charge is -2.33. The molecule has 1 aromatic carbocycles. The van der Waals surface area contributed by atoms with Gasteiger partial charge >= 0.3 is 6.97 Å². The van der Waals surface area contributed by atoms with E-state index in [9.17, 15) is 5.11 Å². The lowest BCUT2D eigenvalue weighted by Crippen LogP contribution is -2.49. The van der Waals surface area contributed by atoms with Gasteiger partial charge in [0.25, 0.3) is 0 Å². The highest BCUT2D eigenvalue weighted by Gasteiger charge is 2.53. The van der Waals surface area contributed by atoms with Gasteiger partial charge in [-0.05, 0) is 47.4 Å². The van der Waals surface area contributed by atoms with Crippen LogP contribution in [0.15, 0.2) is 66.5 Å². The quantitative estimate of drug-likeness (QED) is 0.570. The first-order valence-corrected chi connectivity index (χ1v) is 9.95. The number of aromatic amines is 1. The summed E-state index contributed by atoms with van der Waals surface area (Å²) in [5, 5.41) is 10.7. The van der Waals surface area contributed by atoms with Crippen molar-refractivity contribution >= 4 is 18.8 Å². The second kappa shape index (κ2) is 6.08. The van der Waals surface area contributed by atoms with E-state index >= 15 is 8.63 Å². The number of fused-ring (bicyclic) bond motifs is 2. The van der Waals surface area contributed by atoms with Gasteiger partial charge in [-0.15, -0.1) is 0 Å². The van der Waals surface area contributed by atoms with E-state index < -0.39 is 6.97 Å². The summed E-state index contributed by atoms with van der Waals surface area (Å²) in [6.45, 7) is 2.16. The number of aromatic nitrogens is 2. The number of phenolic OH excluding ortho intramolecular Hbond substituents is 1. The minimum absolute atomic E-state index is 0.0673. The molecule has 3 aromatic rings. The fourth-order valence-electron chi connectivity index (χ4n) is 4.31. The molecule has 4 heterocycles. The van der Waals surface area contributed by atoms with Gasteiger partial charge < -0.3 is 27.7 Å². The van der Waals surface area contributed by atoms with Crippen molar-refractivity contribution in [3.63, 3.8) is 0 Å². The summed E-state index contributed by atoms with van der Waals surface area (Å²) in [6, 6.07) is 12.4. The molecule has 0 unspecified atom stereocenters. The molecule has 7 heteroatoms. The zero-order valence-corrected chi connectivity index (χ0v) is 17.0. The molecule has 2 aromatic heterocycles. The number of nitrogens with one attached hydrogen (secondary N) is 1. The lowest BCUT2D eigenvalue weighted by molar-refractivity contribution is -0.356. The molecule has 0 radical (unpaired) electrons. The normalized spacial score (nSPS) is 17.2. The molecule has 30 heavy (non-hydrogen) atoms. The summed E-state index contributed by atoms with van der Waals surface area (Å²) in [5.41, 5.74) is 3.81. The van der Waals surface area contributed by atoms with Crippen LogP contribution in [0.4, 0.5) is 8.63 Å². The molecule has 0 saturated heterocycles. The smallest absolute Gasteiger partial charge is 0.507 e. The number of rotatable bonds is 2. The zero-order chi connectivity index (χ0) is 21.3. The van der Waals surface area contributed by atoms with Gasteiger partial charge in [0.1, 0.15) is 12.0 Å². The van der Waals surface area contributed by atoms with Gasteiger partial charge in [-0.3, -0.25) is 0 Å². The number of H-pyrrole nitrogens is 1. The van der Waals surface area contributed by atoms with Gasteiger partial charge in [0.15, 0.2) is 5.70 Å². The molecule has 0 spiro atoms. The first-order chi connectivity index (χ1) is 14.2. The number of benzene rings is 1. The Morgan fingerprint density at radius 2 is 1.83 bits per heavy atom. The van der Waals surface area contributed by atoms with Crippen LogP contribution in [0.25, 0.3) is 17.0 Å². The van der Waals surface area contributed by atoms with E-state index in [1.807, 2.05) is 12.1 Å². The molecule has 0 atom stereocenters. The maximum atomic E-state index is 15.7. The Hall–Kier alpha value is -3.35. The molecule has 2 aliphatic heterocycles. The van der Waals surface area contributed by atoms with E-state index in [-0.39, 0.29) is 11.2 Å².